The largest absolute Gasteiger partial charge is 0.381 e. The zero-order valence-electron chi connectivity index (χ0n) is 16.6. The molecule has 1 aliphatic heterocycles. The van der Waals surface area contributed by atoms with Gasteiger partial charge in [-0.15, -0.1) is 0 Å². The van der Waals surface area contributed by atoms with Crippen molar-refractivity contribution in [1.82, 2.24) is 19.3 Å². The van der Waals surface area contributed by atoms with Crippen molar-refractivity contribution in [2.75, 3.05) is 32.1 Å². The Morgan fingerprint density at radius 1 is 1.39 bits per heavy atom. The maximum absolute atomic E-state index is 12.9. The van der Waals surface area contributed by atoms with E-state index in [2.05, 4.69) is 16.5 Å². The molecule has 1 N–H and O–H groups in total. The minimum absolute atomic E-state index is 0.138. The summed E-state index contributed by atoms with van der Waals surface area (Å²) in [5, 5.41) is 11.0. The van der Waals surface area contributed by atoms with Crippen LogP contribution in [0.5, 0.6) is 0 Å². The Hall–Kier alpha value is -1.55. The first-order chi connectivity index (χ1) is 13.5. The average Bonchev–Trinajstić information content (AvgIpc) is 2.72. The number of sulfonamides is 1. The molecule has 158 valence electrons. The standard InChI is InChI=1S/C19H32N4O4S/c1-3-23(24)18(7-5-8-19-20-11-6-12-21-19)16-28(25,26)22-13-9-17(10-14-22)15-27-4-2/h3,6,11-12,17-18,24H,1,4-5,7-10,13-16H2,2H3. The second kappa shape index (κ2) is 11.5. The third kappa shape index (κ3) is 7.12. The van der Waals surface area contributed by atoms with Gasteiger partial charge in [0.2, 0.25) is 10.0 Å². The molecule has 9 heteroatoms. The van der Waals surface area contributed by atoms with Gasteiger partial charge in [-0.3, -0.25) is 10.3 Å². The molecule has 0 spiro atoms. The summed E-state index contributed by atoms with van der Waals surface area (Å²) in [4.78, 5) is 8.35. The molecule has 0 amide bonds. The van der Waals surface area contributed by atoms with Crippen LogP contribution in [0.1, 0.15) is 38.4 Å². The van der Waals surface area contributed by atoms with Crippen LogP contribution in [0.4, 0.5) is 0 Å². The molecule has 1 aromatic heterocycles. The average molecular weight is 413 g/mol. The van der Waals surface area contributed by atoms with Gasteiger partial charge in [0.25, 0.3) is 0 Å². The Morgan fingerprint density at radius 2 is 2.07 bits per heavy atom. The minimum Gasteiger partial charge on any atom is -0.381 e. The first-order valence-corrected chi connectivity index (χ1v) is 11.5. The molecule has 0 bridgehead atoms. The summed E-state index contributed by atoms with van der Waals surface area (Å²) in [7, 11) is -3.46. The van der Waals surface area contributed by atoms with Gasteiger partial charge in [0.15, 0.2) is 0 Å². The zero-order chi connectivity index (χ0) is 20.4. The lowest BCUT2D eigenvalue weighted by Crippen LogP contribution is -2.45. The van der Waals surface area contributed by atoms with E-state index in [0.29, 0.717) is 57.3 Å². The Bertz CT molecular complexity index is 678. The molecule has 1 aromatic rings. The van der Waals surface area contributed by atoms with Crippen LogP contribution >= 0.6 is 0 Å². The van der Waals surface area contributed by atoms with E-state index in [1.807, 2.05) is 6.92 Å². The highest BCUT2D eigenvalue weighted by Crippen LogP contribution is 2.22. The Balaban J connectivity index is 1.88. The number of hydrogen-bond donors (Lipinski definition) is 1. The molecule has 0 saturated carbocycles. The van der Waals surface area contributed by atoms with E-state index in [1.54, 1.807) is 22.8 Å². The van der Waals surface area contributed by atoms with Gasteiger partial charge in [-0.25, -0.2) is 22.7 Å². The smallest absolute Gasteiger partial charge is 0.216 e. The van der Waals surface area contributed by atoms with Crippen molar-refractivity contribution in [3.8, 4) is 0 Å². The number of nitrogens with zero attached hydrogens (tertiary/aromatic N) is 4. The number of hydroxylamine groups is 2. The molecule has 1 atom stereocenters. The van der Waals surface area contributed by atoms with Crippen LogP contribution in [0.25, 0.3) is 0 Å². The monoisotopic (exact) mass is 412 g/mol. The molecule has 8 nitrogen and oxygen atoms in total. The predicted molar refractivity (Wildman–Crippen MR) is 107 cm³/mol. The highest BCUT2D eigenvalue weighted by molar-refractivity contribution is 7.89. The summed E-state index contributed by atoms with van der Waals surface area (Å²) in [6, 6.07) is 1.20. The van der Waals surface area contributed by atoms with E-state index in [-0.39, 0.29) is 5.75 Å². The van der Waals surface area contributed by atoms with Gasteiger partial charge in [-0.05, 0) is 44.6 Å². The normalized spacial score (nSPS) is 17.4. The fraction of sp³-hybridized carbons (Fsp3) is 0.684. The van der Waals surface area contributed by atoms with Gasteiger partial charge >= 0.3 is 0 Å². The number of piperidine rings is 1. The van der Waals surface area contributed by atoms with E-state index in [0.717, 1.165) is 17.9 Å². The lowest BCUT2D eigenvalue weighted by Gasteiger charge is -2.33. The minimum atomic E-state index is -3.46. The van der Waals surface area contributed by atoms with Crippen LogP contribution in [0.15, 0.2) is 31.2 Å². The summed E-state index contributed by atoms with van der Waals surface area (Å²) in [6.07, 6.45) is 8.03. The van der Waals surface area contributed by atoms with Crippen LogP contribution in [0, 0.1) is 5.92 Å². The fourth-order valence-electron chi connectivity index (χ4n) is 3.38. The van der Waals surface area contributed by atoms with Crippen LogP contribution in [0.2, 0.25) is 0 Å². The summed E-state index contributed by atoms with van der Waals surface area (Å²) >= 11 is 0. The first kappa shape index (κ1) is 22.7. The molecule has 28 heavy (non-hydrogen) atoms. The third-order valence-electron chi connectivity index (χ3n) is 5.05. The topological polar surface area (TPSA) is 95.9 Å². The van der Waals surface area contributed by atoms with Crippen LogP contribution < -0.4 is 0 Å². The van der Waals surface area contributed by atoms with Gasteiger partial charge < -0.3 is 4.74 Å². The molecular formula is C19H32N4O4S. The summed E-state index contributed by atoms with van der Waals surface area (Å²) < 4.78 is 32.7. The molecule has 1 saturated heterocycles. The second-order valence-electron chi connectivity index (χ2n) is 7.05. The van der Waals surface area contributed by atoms with E-state index in [1.165, 1.54) is 6.20 Å². The van der Waals surface area contributed by atoms with E-state index in [4.69, 9.17) is 4.74 Å². The van der Waals surface area contributed by atoms with Gasteiger partial charge in [0.1, 0.15) is 5.82 Å². The van der Waals surface area contributed by atoms with Crippen molar-refractivity contribution < 1.29 is 18.4 Å². The molecule has 2 rings (SSSR count). The van der Waals surface area contributed by atoms with Crippen molar-refractivity contribution in [1.29, 1.82) is 0 Å². The first-order valence-electron chi connectivity index (χ1n) is 9.87. The zero-order valence-corrected chi connectivity index (χ0v) is 17.4. The van der Waals surface area contributed by atoms with Crippen molar-refractivity contribution in [3.63, 3.8) is 0 Å². The van der Waals surface area contributed by atoms with Crippen LogP contribution in [-0.4, -0.2) is 71.1 Å². The second-order valence-corrected chi connectivity index (χ2v) is 9.07. The Morgan fingerprint density at radius 3 is 2.68 bits per heavy atom. The summed E-state index contributed by atoms with van der Waals surface area (Å²) in [6.45, 7) is 7.90. The third-order valence-corrected chi connectivity index (χ3v) is 7.00. The van der Waals surface area contributed by atoms with Gasteiger partial charge in [0, 0.05) is 51.3 Å². The van der Waals surface area contributed by atoms with Crippen LogP contribution in [0.3, 0.4) is 0 Å². The number of rotatable bonds is 12. The highest BCUT2D eigenvalue weighted by Gasteiger charge is 2.31. The molecule has 1 aliphatic rings. The van der Waals surface area contributed by atoms with Crippen molar-refractivity contribution in [2.24, 2.45) is 5.92 Å². The van der Waals surface area contributed by atoms with Crippen molar-refractivity contribution in [3.05, 3.63) is 37.1 Å². The lowest BCUT2D eigenvalue weighted by atomic mass is 9.99. The molecule has 0 aromatic carbocycles. The molecule has 0 aliphatic carbocycles. The van der Waals surface area contributed by atoms with E-state index in [9.17, 15) is 13.6 Å². The van der Waals surface area contributed by atoms with Gasteiger partial charge in [-0.2, -0.15) is 0 Å². The lowest BCUT2D eigenvalue weighted by molar-refractivity contribution is -0.0746. The Kier molecular flexibility index (Phi) is 9.30. The quantitative estimate of drug-likeness (QED) is 0.525. The predicted octanol–water partition coefficient (Wildman–Crippen LogP) is 2.08. The SMILES string of the molecule is C=CN(O)C(CCCc1ncccn1)CS(=O)(=O)N1CCC(COCC)CC1. The maximum atomic E-state index is 12.9. The fourth-order valence-corrected chi connectivity index (χ4v) is 5.17. The number of aryl methyl sites for hydroxylation is 1. The molecule has 2 heterocycles. The molecular weight excluding hydrogens is 380 g/mol. The maximum Gasteiger partial charge on any atom is 0.216 e. The van der Waals surface area contributed by atoms with Gasteiger partial charge in [0.05, 0.1) is 11.8 Å². The number of aromatic nitrogens is 2. The van der Waals surface area contributed by atoms with Crippen molar-refractivity contribution in [2.45, 2.75) is 45.1 Å². The van der Waals surface area contributed by atoms with Crippen LogP contribution in [-0.2, 0) is 21.2 Å². The number of hydrogen-bond acceptors (Lipinski definition) is 7. The molecule has 1 fully saturated rings. The number of ether oxygens (including phenoxy) is 1. The molecule has 0 radical (unpaired) electrons. The summed E-state index contributed by atoms with van der Waals surface area (Å²) in [5.41, 5.74) is 0. The highest BCUT2D eigenvalue weighted by atomic mass is 32.2. The summed E-state index contributed by atoms with van der Waals surface area (Å²) in [5.74, 6) is 0.987. The van der Waals surface area contributed by atoms with E-state index < -0.39 is 16.1 Å². The van der Waals surface area contributed by atoms with Crippen molar-refractivity contribution >= 4 is 10.0 Å². The van der Waals surface area contributed by atoms with E-state index >= 15 is 0 Å². The Labute approximate surface area is 168 Å². The van der Waals surface area contributed by atoms with Gasteiger partial charge in [-0.1, -0.05) is 6.58 Å². The molecule has 1 unspecified atom stereocenters.